The Morgan fingerprint density at radius 3 is 2.73 bits per heavy atom. The van der Waals surface area contributed by atoms with Crippen LogP contribution in [0.15, 0.2) is 30.5 Å². The molecule has 0 bridgehead atoms. The van der Waals surface area contributed by atoms with Crippen molar-refractivity contribution < 1.29 is 4.79 Å². The SMILES string of the molecule is Cc1ccccc1-c1ncc(C(=O)Cl)s1. The molecule has 0 aliphatic carbocycles. The number of nitrogens with zero attached hydrogens (tertiary/aromatic N) is 1. The molecule has 0 saturated carbocycles. The van der Waals surface area contributed by atoms with Gasteiger partial charge in [-0.15, -0.1) is 11.3 Å². The monoisotopic (exact) mass is 237 g/mol. The number of aryl methyl sites for hydroxylation is 1. The van der Waals surface area contributed by atoms with Gasteiger partial charge in [-0.2, -0.15) is 0 Å². The first-order valence-electron chi connectivity index (χ1n) is 4.40. The second-order valence-corrected chi connectivity index (χ2v) is 4.49. The number of hydrogen-bond acceptors (Lipinski definition) is 3. The summed E-state index contributed by atoms with van der Waals surface area (Å²) in [5.74, 6) is 0. The summed E-state index contributed by atoms with van der Waals surface area (Å²) in [4.78, 5) is 15.6. The summed E-state index contributed by atoms with van der Waals surface area (Å²) >= 11 is 6.69. The van der Waals surface area contributed by atoms with Gasteiger partial charge in [0.1, 0.15) is 9.88 Å². The van der Waals surface area contributed by atoms with Crippen LogP contribution in [-0.2, 0) is 0 Å². The quantitative estimate of drug-likeness (QED) is 0.749. The van der Waals surface area contributed by atoms with Crippen molar-refractivity contribution in [2.24, 2.45) is 0 Å². The van der Waals surface area contributed by atoms with E-state index in [2.05, 4.69) is 4.98 Å². The zero-order chi connectivity index (χ0) is 10.8. The van der Waals surface area contributed by atoms with Crippen molar-refractivity contribution in [3.8, 4) is 10.6 Å². The van der Waals surface area contributed by atoms with Crippen molar-refractivity contribution in [3.63, 3.8) is 0 Å². The number of carbonyl (C=O) groups excluding carboxylic acids is 1. The minimum Gasteiger partial charge on any atom is -0.275 e. The van der Waals surface area contributed by atoms with E-state index >= 15 is 0 Å². The van der Waals surface area contributed by atoms with E-state index in [1.54, 1.807) is 0 Å². The molecule has 0 unspecified atom stereocenters. The van der Waals surface area contributed by atoms with Crippen LogP contribution in [-0.4, -0.2) is 10.2 Å². The van der Waals surface area contributed by atoms with Crippen molar-refractivity contribution in [2.45, 2.75) is 6.92 Å². The van der Waals surface area contributed by atoms with E-state index in [9.17, 15) is 4.79 Å². The van der Waals surface area contributed by atoms with Gasteiger partial charge < -0.3 is 0 Å². The molecule has 0 N–H and O–H groups in total. The Bertz CT molecular complexity index is 507. The molecule has 0 fully saturated rings. The Morgan fingerprint density at radius 1 is 1.40 bits per heavy atom. The molecule has 1 heterocycles. The number of rotatable bonds is 2. The van der Waals surface area contributed by atoms with Crippen LogP contribution in [0.5, 0.6) is 0 Å². The van der Waals surface area contributed by atoms with Gasteiger partial charge in [0.05, 0.1) is 6.20 Å². The Balaban J connectivity index is 2.46. The molecule has 15 heavy (non-hydrogen) atoms. The van der Waals surface area contributed by atoms with Crippen molar-refractivity contribution in [2.75, 3.05) is 0 Å². The van der Waals surface area contributed by atoms with Crippen LogP contribution in [0.4, 0.5) is 0 Å². The minimum atomic E-state index is -0.452. The van der Waals surface area contributed by atoms with E-state index in [1.807, 2.05) is 31.2 Å². The summed E-state index contributed by atoms with van der Waals surface area (Å²) in [6.45, 7) is 2.01. The zero-order valence-electron chi connectivity index (χ0n) is 8.03. The first kappa shape index (κ1) is 10.3. The van der Waals surface area contributed by atoms with E-state index in [4.69, 9.17) is 11.6 Å². The smallest absolute Gasteiger partial charge is 0.264 e. The summed E-state index contributed by atoms with van der Waals surface area (Å²) in [7, 11) is 0. The van der Waals surface area contributed by atoms with Crippen LogP contribution in [0.3, 0.4) is 0 Å². The third-order valence-electron chi connectivity index (χ3n) is 2.07. The van der Waals surface area contributed by atoms with Gasteiger partial charge in [-0.25, -0.2) is 4.98 Å². The van der Waals surface area contributed by atoms with Crippen molar-refractivity contribution in [1.82, 2.24) is 4.98 Å². The van der Waals surface area contributed by atoms with Gasteiger partial charge in [0, 0.05) is 5.56 Å². The number of aromatic nitrogens is 1. The average molecular weight is 238 g/mol. The molecule has 2 nitrogen and oxygen atoms in total. The fourth-order valence-electron chi connectivity index (χ4n) is 1.30. The number of benzene rings is 1. The second-order valence-electron chi connectivity index (χ2n) is 3.12. The molecular weight excluding hydrogens is 230 g/mol. The summed E-state index contributed by atoms with van der Waals surface area (Å²) < 4.78 is 0. The number of carbonyl (C=O) groups is 1. The van der Waals surface area contributed by atoms with Gasteiger partial charge in [-0.3, -0.25) is 4.79 Å². The van der Waals surface area contributed by atoms with Gasteiger partial charge in [0.25, 0.3) is 5.24 Å². The van der Waals surface area contributed by atoms with E-state index < -0.39 is 5.24 Å². The van der Waals surface area contributed by atoms with E-state index in [0.29, 0.717) is 4.88 Å². The average Bonchev–Trinajstić information content (AvgIpc) is 2.67. The highest BCUT2D eigenvalue weighted by Gasteiger charge is 2.10. The maximum Gasteiger partial charge on any atom is 0.264 e. The first-order valence-corrected chi connectivity index (χ1v) is 5.59. The largest absolute Gasteiger partial charge is 0.275 e. The van der Waals surface area contributed by atoms with Gasteiger partial charge in [-0.1, -0.05) is 24.3 Å². The maximum atomic E-state index is 10.9. The lowest BCUT2D eigenvalue weighted by Gasteiger charge is -1.99. The first-order chi connectivity index (χ1) is 7.18. The molecule has 1 aromatic carbocycles. The molecule has 1 aromatic heterocycles. The van der Waals surface area contributed by atoms with Gasteiger partial charge in [0.2, 0.25) is 0 Å². The normalized spacial score (nSPS) is 10.3. The highest BCUT2D eigenvalue weighted by atomic mass is 35.5. The fourth-order valence-corrected chi connectivity index (χ4v) is 2.31. The number of hydrogen-bond donors (Lipinski definition) is 0. The maximum absolute atomic E-state index is 10.9. The molecule has 0 atom stereocenters. The Hall–Kier alpha value is -1.19. The predicted octanol–water partition coefficient (Wildman–Crippen LogP) is 3.50. The lowest BCUT2D eigenvalue weighted by atomic mass is 10.1. The highest BCUT2D eigenvalue weighted by Crippen LogP contribution is 2.28. The van der Waals surface area contributed by atoms with Crippen LogP contribution in [0.1, 0.15) is 15.2 Å². The van der Waals surface area contributed by atoms with Gasteiger partial charge in [0.15, 0.2) is 0 Å². The number of thiazole rings is 1. The number of halogens is 1. The van der Waals surface area contributed by atoms with Crippen molar-refractivity contribution in [3.05, 3.63) is 40.9 Å². The minimum absolute atomic E-state index is 0.452. The fraction of sp³-hybridized carbons (Fsp3) is 0.0909. The molecule has 0 aliphatic rings. The standard InChI is InChI=1S/C11H8ClNOS/c1-7-4-2-3-5-8(7)11-13-6-9(15-11)10(12)14/h2-6H,1H3. The van der Waals surface area contributed by atoms with Crippen LogP contribution in [0, 0.1) is 6.92 Å². The molecular formula is C11H8ClNOS. The predicted molar refractivity (Wildman–Crippen MR) is 62.5 cm³/mol. The topological polar surface area (TPSA) is 30.0 Å². The van der Waals surface area contributed by atoms with Crippen LogP contribution in [0.2, 0.25) is 0 Å². The Kier molecular flexibility index (Phi) is 2.84. The summed E-state index contributed by atoms with van der Waals surface area (Å²) in [6, 6.07) is 7.92. The van der Waals surface area contributed by atoms with E-state index in [0.717, 1.165) is 16.1 Å². The van der Waals surface area contributed by atoms with Crippen molar-refractivity contribution >= 4 is 28.2 Å². The molecule has 0 amide bonds. The molecule has 0 aliphatic heterocycles. The molecule has 0 saturated heterocycles. The lowest BCUT2D eigenvalue weighted by Crippen LogP contribution is -1.79. The van der Waals surface area contributed by atoms with Gasteiger partial charge >= 0.3 is 0 Å². The Labute approximate surface area is 96.5 Å². The van der Waals surface area contributed by atoms with Crippen LogP contribution in [0.25, 0.3) is 10.6 Å². The molecule has 2 rings (SSSR count). The summed E-state index contributed by atoms with van der Waals surface area (Å²) in [5.41, 5.74) is 2.19. The molecule has 4 heteroatoms. The van der Waals surface area contributed by atoms with Crippen LogP contribution < -0.4 is 0 Å². The van der Waals surface area contributed by atoms with Gasteiger partial charge in [-0.05, 0) is 24.1 Å². The van der Waals surface area contributed by atoms with E-state index in [-0.39, 0.29) is 0 Å². The molecule has 2 aromatic rings. The lowest BCUT2D eigenvalue weighted by molar-refractivity contribution is 0.108. The third kappa shape index (κ3) is 2.08. The molecule has 76 valence electrons. The van der Waals surface area contributed by atoms with Crippen LogP contribution >= 0.6 is 22.9 Å². The zero-order valence-corrected chi connectivity index (χ0v) is 9.60. The van der Waals surface area contributed by atoms with Crippen molar-refractivity contribution in [1.29, 1.82) is 0 Å². The second kappa shape index (κ2) is 4.13. The molecule has 0 spiro atoms. The summed E-state index contributed by atoms with van der Waals surface area (Å²) in [5, 5.41) is 0.379. The summed E-state index contributed by atoms with van der Waals surface area (Å²) in [6.07, 6.45) is 1.52. The Morgan fingerprint density at radius 2 is 2.13 bits per heavy atom. The highest BCUT2D eigenvalue weighted by molar-refractivity contribution is 7.18. The molecule has 0 radical (unpaired) electrons. The van der Waals surface area contributed by atoms with E-state index in [1.165, 1.54) is 17.5 Å². The third-order valence-corrected chi connectivity index (χ3v) is 3.42.